The molecule has 2 amide bonds. The fourth-order valence-electron chi connectivity index (χ4n) is 13.4. The number of carboxylic acids is 1. The van der Waals surface area contributed by atoms with Gasteiger partial charge in [0.2, 0.25) is 5.91 Å². The van der Waals surface area contributed by atoms with Crippen LogP contribution in [-0.2, 0) is 41.1 Å². The Morgan fingerprint density at radius 1 is 1.04 bits per heavy atom. The van der Waals surface area contributed by atoms with Gasteiger partial charge in [0.25, 0.3) is 0 Å². The molecule has 26 heteroatoms. The Morgan fingerprint density at radius 2 is 1.75 bits per heavy atom. The molecule has 1 spiro atoms. The zero-order chi connectivity index (χ0) is 59.4. The maximum atomic E-state index is 15.5. The molecule has 16 N–H and O–H groups in total. The third-order valence-electron chi connectivity index (χ3n) is 17.4. The number of carboxylic acid groups (broad SMARTS) is 1. The number of benzene rings is 2. The first kappa shape index (κ1) is 63.8. The molecule has 81 heavy (non-hydrogen) atoms. The van der Waals surface area contributed by atoms with Crippen LogP contribution in [0.5, 0.6) is 5.75 Å². The van der Waals surface area contributed by atoms with Gasteiger partial charge in [-0.05, 0) is 87.8 Å². The highest BCUT2D eigenvalue weighted by atomic mass is 33.1. The zero-order valence-electron chi connectivity index (χ0n) is 46.8. The van der Waals surface area contributed by atoms with E-state index in [0.29, 0.717) is 74.4 Å². The van der Waals surface area contributed by atoms with Crippen LogP contribution in [-0.4, -0.2) is 218 Å². The second kappa shape index (κ2) is 26.4. The maximum Gasteiger partial charge on any atom is 0.421 e. The highest BCUT2D eigenvalue weighted by molar-refractivity contribution is 8.76. The number of carbonyl (C=O) groups excluding carboxylic acids is 3. The van der Waals surface area contributed by atoms with Crippen molar-refractivity contribution in [3.8, 4) is 5.75 Å². The van der Waals surface area contributed by atoms with E-state index in [1.54, 1.807) is 7.05 Å². The SMILES string of the molecule is CCC(O)(CC)C[C@@H](C)CC(C(=O)OC)(c1cc2c(cc1OC)N(C)[C@@H]1[C@]23CCN2CC=CC([C@H]23)[C@@H](O)[C@]1(O)C(O)NNC(=O)OCCSSC[C@H](NC(=O)C(N)C(O)[C@H](O)[C@H](O)CO)C(=O)O)c1[nH]c2ccccc2c1CCNC. The minimum absolute atomic E-state index is 0.117. The van der Waals surface area contributed by atoms with Crippen molar-refractivity contribution in [1.29, 1.82) is 0 Å². The minimum Gasteiger partial charge on any atom is -0.496 e. The van der Waals surface area contributed by atoms with E-state index in [4.69, 9.17) is 25.1 Å². The van der Waals surface area contributed by atoms with Gasteiger partial charge >= 0.3 is 18.0 Å². The van der Waals surface area contributed by atoms with Crippen LogP contribution < -0.4 is 36.9 Å². The standard InChI is InChI=1S/C55H82N8O16S2/c1-8-52(75,9-2)25-29(3)26-54(50(73)78-7,43-31(16-18-57-4)30-13-10-11-15-35(30)58-43)34-23-33-37(24-39(34)77-6)62(5)48-53(33)17-20-63-19-12-14-32(44(53)63)45(68)55(48,76)49(72)60-61-51(74)79-21-22-80-81-28-36(47(70)71)59-46(69)40(56)42(67)41(66)38(65)27-64/h10-15,23-24,29,32,36,38,40-42,44-45,48-49,57-58,60,64-68,72,75-76H,8-9,16-22,25-28,56H2,1-7H3,(H,59,69)(H,61,74)(H,70,71)/t29-,32?,36+,38-,40?,41-,42?,44+,45-,48-,49?,53-,54?,55-/m1/s1. The Bertz CT molecular complexity index is 2740. The van der Waals surface area contributed by atoms with E-state index >= 15 is 4.79 Å². The smallest absolute Gasteiger partial charge is 0.421 e. The number of nitrogens with one attached hydrogen (secondary N) is 5. The molecule has 1 saturated carbocycles. The summed E-state index contributed by atoms with van der Waals surface area (Å²) in [5.41, 5.74) is 8.64. The van der Waals surface area contributed by atoms with Crippen LogP contribution in [0.15, 0.2) is 48.6 Å². The second-order valence-electron chi connectivity index (χ2n) is 21.9. The number of aliphatic hydroxyl groups excluding tert-OH is 6. The fraction of sp³-hybridized carbons (Fsp3) is 0.636. The van der Waals surface area contributed by atoms with Gasteiger partial charge in [-0.15, -0.1) is 0 Å². The van der Waals surface area contributed by atoms with Gasteiger partial charge in [0, 0.05) is 76.4 Å². The average Bonchev–Trinajstić information content (AvgIpc) is 3.48. The van der Waals surface area contributed by atoms with Gasteiger partial charge in [0.1, 0.15) is 48.2 Å². The van der Waals surface area contributed by atoms with Crippen molar-refractivity contribution in [2.75, 3.05) is 77.6 Å². The summed E-state index contributed by atoms with van der Waals surface area (Å²) in [5, 5.41) is 105. The first-order valence-corrected chi connectivity index (χ1v) is 29.9. The Morgan fingerprint density at radius 3 is 2.41 bits per heavy atom. The monoisotopic (exact) mass is 1170 g/mol. The summed E-state index contributed by atoms with van der Waals surface area (Å²) in [6, 6.07) is 6.90. The summed E-state index contributed by atoms with van der Waals surface area (Å²) in [6.45, 7) is 6.47. The number of ether oxygens (including phenoxy) is 3. The number of rotatable bonds is 29. The number of fused-ring (bicyclic) bond motifs is 2. The van der Waals surface area contributed by atoms with Crippen molar-refractivity contribution in [3.05, 3.63) is 70.9 Å². The van der Waals surface area contributed by atoms with E-state index in [1.165, 1.54) is 14.2 Å². The van der Waals surface area contributed by atoms with Crippen LogP contribution in [0.2, 0.25) is 0 Å². The predicted octanol–water partition coefficient (Wildman–Crippen LogP) is -0.311. The molecular weight excluding hydrogens is 1090 g/mol. The van der Waals surface area contributed by atoms with Gasteiger partial charge in [-0.1, -0.05) is 72.7 Å². The van der Waals surface area contributed by atoms with Gasteiger partial charge < -0.3 is 86.4 Å². The van der Waals surface area contributed by atoms with E-state index < -0.39 is 113 Å². The molecule has 3 aliphatic heterocycles. The van der Waals surface area contributed by atoms with Gasteiger partial charge in [0.15, 0.2) is 11.8 Å². The number of aromatic nitrogens is 1. The second-order valence-corrected chi connectivity index (χ2v) is 24.6. The maximum absolute atomic E-state index is 15.5. The molecule has 7 rings (SSSR count). The topological polar surface area (TPSA) is 374 Å². The number of aliphatic carboxylic acids is 1. The van der Waals surface area contributed by atoms with Crippen LogP contribution in [0.1, 0.15) is 75.3 Å². The van der Waals surface area contributed by atoms with Crippen molar-refractivity contribution >= 4 is 62.1 Å². The lowest BCUT2D eigenvalue weighted by Crippen LogP contribution is -2.80. The van der Waals surface area contributed by atoms with E-state index in [1.807, 2.05) is 81.3 Å². The number of anilines is 1. The number of H-pyrrole nitrogens is 1. The number of hydrogen-bond donors (Lipinski definition) is 15. The third kappa shape index (κ3) is 11.9. The molecule has 1 aliphatic carbocycles. The van der Waals surface area contributed by atoms with E-state index in [2.05, 4.69) is 31.4 Å². The quantitative estimate of drug-likeness (QED) is 0.0106. The molecule has 1 aromatic heterocycles. The lowest BCUT2D eigenvalue weighted by molar-refractivity contribution is -0.218. The van der Waals surface area contributed by atoms with Crippen LogP contribution in [0, 0.1) is 11.8 Å². The van der Waals surface area contributed by atoms with Crippen LogP contribution in [0.25, 0.3) is 10.9 Å². The molecule has 24 nitrogen and oxygen atoms in total. The van der Waals surface area contributed by atoms with E-state index in [0.717, 1.165) is 43.6 Å². The molecule has 2 fully saturated rings. The number of hydrogen-bond acceptors (Lipinski definition) is 22. The Hall–Kier alpha value is -4.78. The average molecular weight is 1180 g/mol. The number of methoxy groups -OCH3 is 2. The number of aliphatic hydroxyl groups is 8. The highest BCUT2D eigenvalue weighted by Gasteiger charge is 2.75. The number of nitrogens with two attached hydrogens (primary N) is 1. The predicted molar refractivity (Wildman–Crippen MR) is 304 cm³/mol. The number of carbonyl (C=O) groups is 4. The number of amides is 2. The molecule has 0 bridgehead atoms. The van der Waals surface area contributed by atoms with Gasteiger partial charge in [0.05, 0.1) is 38.6 Å². The molecule has 1 saturated heterocycles. The summed E-state index contributed by atoms with van der Waals surface area (Å²) < 4.78 is 17.6. The zero-order valence-corrected chi connectivity index (χ0v) is 48.5. The first-order valence-electron chi connectivity index (χ1n) is 27.4. The Balaban J connectivity index is 1.17. The largest absolute Gasteiger partial charge is 0.496 e. The summed E-state index contributed by atoms with van der Waals surface area (Å²) in [7, 11) is 8.62. The lowest BCUT2D eigenvalue weighted by Gasteiger charge is -2.60. The number of aromatic amines is 1. The van der Waals surface area contributed by atoms with Crippen molar-refractivity contribution in [3.63, 3.8) is 0 Å². The van der Waals surface area contributed by atoms with Crippen LogP contribution in [0.3, 0.4) is 0 Å². The van der Waals surface area contributed by atoms with Crippen molar-refractivity contribution in [2.24, 2.45) is 17.6 Å². The van der Waals surface area contributed by atoms with Gasteiger partial charge in [-0.25, -0.2) is 15.0 Å². The number of likely N-dealkylation sites (N-methyl/N-ethyl adjacent to an activating group) is 2. The number of hydrazine groups is 1. The lowest BCUT2D eigenvalue weighted by atomic mass is 9.53. The minimum atomic E-state index is -2.42. The van der Waals surface area contributed by atoms with Crippen LogP contribution in [0.4, 0.5) is 10.5 Å². The number of nitrogens with zero attached hydrogens (tertiary/aromatic N) is 2. The van der Waals surface area contributed by atoms with Crippen molar-refractivity contribution in [2.45, 2.75) is 136 Å². The van der Waals surface area contributed by atoms with Crippen LogP contribution >= 0.6 is 21.6 Å². The highest BCUT2D eigenvalue weighted by Crippen LogP contribution is 2.64. The summed E-state index contributed by atoms with van der Waals surface area (Å²) >= 11 is 0. The molecule has 3 aromatic rings. The molecule has 0 radical (unpaired) electrons. The van der Waals surface area contributed by atoms with Gasteiger partial charge in [-0.3, -0.25) is 19.9 Å². The van der Waals surface area contributed by atoms with E-state index in [9.17, 15) is 55.2 Å². The normalized spacial score (nSPS) is 25.6. The number of para-hydroxylation sites is 1. The molecule has 4 aliphatic rings. The molecule has 14 atom stereocenters. The summed E-state index contributed by atoms with van der Waals surface area (Å²) in [4.78, 5) is 60.9. The molecular formula is C55H82N8O16S2. The van der Waals surface area contributed by atoms with E-state index in [-0.39, 0.29) is 30.5 Å². The molecule has 450 valence electrons. The third-order valence-corrected chi connectivity index (χ3v) is 19.8. The molecule has 5 unspecified atom stereocenters. The Labute approximate surface area is 478 Å². The summed E-state index contributed by atoms with van der Waals surface area (Å²) in [5.74, 6) is -3.88. The molecule has 2 aromatic carbocycles. The number of esters is 1. The summed E-state index contributed by atoms with van der Waals surface area (Å²) in [6.07, 6.45) is -4.15. The first-order chi connectivity index (χ1) is 38.5. The Kier molecular flexibility index (Phi) is 20.8. The fourth-order valence-corrected chi connectivity index (χ4v) is 15.4. The molecule has 4 heterocycles. The van der Waals surface area contributed by atoms with Gasteiger partial charge in [-0.2, -0.15) is 0 Å². The van der Waals surface area contributed by atoms with Crippen molar-refractivity contribution < 1.29 is 79.3 Å². The van der Waals surface area contributed by atoms with Crippen molar-refractivity contribution in [1.82, 2.24) is 31.4 Å².